The van der Waals surface area contributed by atoms with Gasteiger partial charge in [0.2, 0.25) is 5.91 Å². The summed E-state index contributed by atoms with van der Waals surface area (Å²) in [6.45, 7) is 7.17. The number of amides is 3. The van der Waals surface area contributed by atoms with Crippen molar-refractivity contribution in [2.45, 2.75) is 77.4 Å². The van der Waals surface area contributed by atoms with Crippen molar-refractivity contribution in [2.75, 3.05) is 19.6 Å². The number of rotatable bonds is 8. The standard InChI is InChI=1S/C20H33N5O2/c1-3-5-6-10-22-20(27)25-14-8-16-17(25)7-13-24(16)19(26)9-12-23-15-11-21-18(23)4-2/h11,15-17H,3-10,12-14H2,1-2H3,(H,22,27)/t16-,17-/m0/s1. The molecular formula is C20H33N5O2. The number of carbonyl (C=O) groups is 2. The summed E-state index contributed by atoms with van der Waals surface area (Å²) >= 11 is 0. The molecule has 2 fully saturated rings. The van der Waals surface area contributed by atoms with Gasteiger partial charge in [-0.2, -0.15) is 0 Å². The molecule has 150 valence electrons. The lowest BCUT2D eigenvalue weighted by Crippen LogP contribution is -2.45. The second-order valence-corrected chi connectivity index (χ2v) is 7.57. The van der Waals surface area contributed by atoms with Gasteiger partial charge < -0.3 is 19.7 Å². The molecule has 0 saturated carbocycles. The van der Waals surface area contributed by atoms with Gasteiger partial charge in [-0.25, -0.2) is 9.78 Å². The maximum atomic E-state index is 12.8. The number of imidazole rings is 1. The van der Waals surface area contributed by atoms with E-state index in [-0.39, 0.29) is 24.0 Å². The Morgan fingerprint density at radius 2 is 1.89 bits per heavy atom. The second kappa shape index (κ2) is 9.24. The molecule has 2 saturated heterocycles. The summed E-state index contributed by atoms with van der Waals surface area (Å²) in [5, 5.41) is 3.05. The fraction of sp³-hybridized carbons (Fsp3) is 0.750. The molecule has 0 radical (unpaired) electrons. The fourth-order valence-electron chi connectivity index (χ4n) is 4.44. The minimum absolute atomic E-state index is 0.0407. The molecule has 3 amide bonds. The van der Waals surface area contributed by atoms with Gasteiger partial charge >= 0.3 is 6.03 Å². The summed E-state index contributed by atoms with van der Waals surface area (Å²) < 4.78 is 2.07. The Morgan fingerprint density at radius 1 is 1.15 bits per heavy atom. The number of unbranched alkanes of at least 4 members (excludes halogenated alkanes) is 2. The first-order valence-corrected chi connectivity index (χ1v) is 10.5. The first-order chi connectivity index (χ1) is 13.2. The molecule has 0 aromatic carbocycles. The van der Waals surface area contributed by atoms with E-state index in [2.05, 4.69) is 28.7 Å². The number of likely N-dealkylation sites (tertiary alicyclic amines) is 2. The SMILES string of the molecule is CCCCCNC(=O)N1CC[C@H]2[C@@H]1CCN2C(=O)CCn1ccnc1CC. The van der Waals surface area contributed by atoms with Gasteiger partial charge in [0.05, 0.1) is 12.1 Å². The van der Waals surface area contributed by atoms with Crippen molar-refractivity contribution in [1.29, 1.82) is 0 Å². The van der Waals surface area contributed by atoms with Crippen LogP contribution in [0.4, 0.5) is 4.79 Å². The Morgan fingerprint density at radius 3 is 2.63 bits per heavy atom. The third-order valence-corrected chi connectivity index (χ3v) is 5.90. The minimum Gasteiger partial charge on any atom is -0.338 e. The lowest BCUT2D eigenvalue weighted by Gasteiger charge is -2.26. The van der Waals surface area contributed by atoms with Crippen LogP contribution in [0.15, 0.2) is 12.4 Å². The molecule has 3 rings (SSSR count). The Labute approximate surface area is 162 Å². The van der Waals surface area contributed by atoms with Gasteiger partial charge in [-0.15, -0.1) is 0 Å². The number of urea groups is 1. The van der Waals surface area contributed by atoms with Gasteiger partial charge in [-0.3, -0.25) is 4.79 Å². The minimum atomic E-state index is 0.0407. The average Bonchev–Trinajstić information content (AvgIpc) is 3.38. The molecule has 1 N–H and O–H groups in total. The van der Waals surface area contributed by atoms with E-state index < -0.39 is 0 Å². The Hall–Kier alpha value is -2.05. The average molecular weight is 376 g/mol. The molecule has 0 unspecified atom stereocenters. The summed E-state index contributed by atoms with van der Waals surface area (Å²) in [6.07, 6.45) is 10.2. The quantitative estimate of drug-likeness (QED) is 0.710. The first-order valence-electron chi connectivity index (χ1n) is 10.5. The maximum absolute atomic E-state index is 12.8. The molecule has 0 spiro atoms. The van der Waals surface area contributed by atoms with Gasteiger partial charge in [-0.05, 0) is 19.3 Å². The van der Waals surface area contributed by atoms with E-state index in [9.17, 15) is 9.59 Å². The highest BCUT2D eigenvalue weighted by molar-refractivity contribution is 5.78. The van der Waals surface area contributed by atoms with Gasteiger partial charge in [-0.1, -0.05) is 26.7 Å². The maximum Gasteiger partial charge on any atom is 0.317 e. The summed E-state index contributed by atoms with van der Waals surface area (Å²) in [5.41, 5.74) is 0. The number of fused-ring (bicyclic) bond motifs is 1. The van der Waals surface area contributed by atoms with Crippen LogP contribution in [0, 0.1) is 0 Å². The Bertz CT molecular complexity index is 644. The van der Waals surface area contributed by atoms with Crippen molar-refractivity contribution in [3.8, 4) is 0 Å². The lowest BCUT2D eigenvalue weighted by atomic mass is 10.1. The molecule has 27 heavy (non-hydrogen) atoms. The molecule has 0 aliphatic carbocycles. The number of hydrogen-bond acceptors (Lipinski definition) is 3. The van der Waals surface area contributed by atoms with Gasteiger partial charge in [0.1, 0.15) is 5.82 Å². The van der Waals surface area contributed by atoms with E-state index in [1.165, 1.54) is 0 Å². The Kier molecular flexibility index (Phi) is 6.74. The van der Waals surface area contributed by atoms with Crippen LogP contribution in [0.25, 0.3) is 0 Å². The van der Waals surface area contributed by atoms with Gasteiger partial charge in [0.25, 0.3) is 0 Å². The summed E-state index contributed by atoms with van der Waals surface area (Å²) in [4.78, 5) is 33.5. The largest absolute Gasteiger partial charge is 0.338 e. The van der Waals surface area contributed by atoms with Crippen molar-refractivity contribution in [1.82, 2.24) is 24.7 Å². The van der Waals surface area contributed by atoms with Crippen LogP contribution in [0.1, 0.15) is 58.2 Å². The molecule has 3 heterocycles. The van der Waals surface area contributed by atoms with Crippen LogP contribution in [0.5, 0.6) is 0 Å². The van der Waals surface area contributed by atoms with Crippen LogP contribution in [-0.4, -0.2) is 63.0 Å². The normalized spacial score (nSPS) is 21.6. The van der Waals surface area contributed by atoms with Crippen molar-refractivity contribution < 1.29 is 9.59 Å². The molecule has 2 aliphatic rings. The molecule has 2 aliphatic heterocycles. The predicted molar refractivity (Wildman–Crippen MR) is 104 cm³/mol. The van der Waals surface area contributed by atoms with E-state index >= 15 is 0 Å². The van der Waals surface area contributed by atoms with E-state index in [1.54, 1.807) is 6.20 Å². The van der Waals surface area contributed by atoms with E-state index in [0.29, 0.717) is 13.0 Å². The number of nitrogens with one attached hydrogen (secondary N) is 1. The first kappa shape index (κ1) is 19.7. The second-order valence-electron chi connectivity index (χ2n) is 7.57. The van der Waals surface area contributed by atoms with Crippen LogP contribution < -0.4 is 5.32 Å². The van der Waals surface area contributed by atoms with Gasteiger partial charge in [0, 0.05) is 51.4 Å². The molecule has 7 nitrogen and oxygen atoms in total. The smallest absolute Gasteiger partial charge is 0.317 e. The number of nitrogens with zero attached hydrogens (tertiary/aromatic N) is 4. The van der Waals surface area contributed by atoms with Crippen LogP contribution >= 0.6 is 0 Å². The zero-order valence-electron chi connectivity index (χ0n) is 16.7. The van der Waals surface area contributed by atoms with Crippen molar-refractivity contribution in [2.24, 2.45) is 0 Å². The molecular weight excluding hydrogens is 342 g/mol. The third kappa shape index (κ3) is 4.45. The van der Waals surface area contributed by atoms with Crippen molar-refractivity contribution >= 4 is 11.9 Å². The van der Waals surface area contributed by atoms with E-state index in [1.807, 2.05) is 16.0 Å². The number of hydrogen-bond donors (Lipinski definition) is 1. The van der Waals surface area contributed by atoms with Crippen LogP contribution in [-0.2, 0) is 17.8 Å². The summed E-state index contributed by atoms with van der Waals surface area (Å²) in [7, 11) is 0. The highest BCUT2D eigenvalue weighted by Gasteiger charge is 2.45. The number of aromatic nitrogens is 2. The zero-order chi connectivity index (χ0) is 19.2. The van der Waals surface area contributed by atoms with Gasteiger partial charge in [0.15, 0.2) is 0 Å². The molecule has 1 aromatic rings. The lowest BCUT2D eigenvalue weighted by molar-refractivity contribution is -0.132. The van der Waals surface area contributed by atoms with Crippen LogP contribution in [0.3, 0.4) is 0 Å². The fourth-order valence-corrected chi connectivity index (χ4v) is 4.44. The molecule has 7 heteroatoms. The van der Waals surface area contributed by atoms with E-state index in [0.717, 1.165) is 64.0 Å². The van der Waals surface area contributed by atoms with Crippen LogP contribution in [0.2, 0.25) is 0 Å². The number of aryl methyl sites for hydroxylation is 2. The van der Waals surface area contributed by atoms with Crippen molar-refractivity contribution in [3.63, 3.8) is 0 Å². The zero-order valence-corrected chi connectivity index (χ0v) is 16.7. The highest BCUT2D eigenvalue weighted by Crippen LogP contribution is 2.32. The Balaban J connectivity index is 1.49. The summed E-state index contributed by atoms with van der Waals surface area (Å²) in [5.74, 6) is 1.22. The van der Waals surface area contributed by atoms with E-state index in [4.69, 9.17) is 0 Å². The summed E-state index contributed by atoms with van der Waals surface area (Å²) in [6, 6.07) is 0.408. The topological polar surface area (TPSA) is 70.5 Å². The molecule has 1 aromatic heterocycles. The predicted octanol–water partition coefficient (Wildman–Crippen LogP) is 2.41. The molecule has 0 bridgehead atoms. The van der Waals surface area contributed by atoms with Crippen molar-refractivity contribution in [3.05, 3.63) is 18.2 Å². The number of carbonyl (C=O) groups excluding carboxylic acids is 2. The molecule has 2 atom stereocenters. The monoisotopic (exact) mass is 375 g/mol. The highest BCUT2D eigenvalue weighted by atomic mass is 16.2. The third-order valence-electron chi connectivity index (χ3n) is 5.90.